The van der Waals surface area contributed by atoms with E-state index in [1.807, 2.05) is 13.0 Å². The lowest BCUT2D eigenvalue weighted by Gasteiger charge is -2.13. The summed E-state index contributed by atoms with van der Waals surface area (Å²) >= 11 is 3.14. The molecule has 1 rings (SSSR count). The van der Waals surface area contributed by atoms with Crippen LogP contribution in [-0.2, 0) is 6.54 Å². The summed E-state index contributed by atoms with van der Waals surface area (Å²) in [5, 5.41) is 6.42. The van der Waals surface area contributed by atoms with Crippen molar-refractivity contribution in [1.29, 1.82) is 0 Å². The molecule has 2 N–H and O–H groups in total. The van der Waals surface area contributed by atoms with Crippen LogP contribution in [0.4, 0.5) is 4.39 Å². The highest BCUT2D eigenvalue weighted by molar-refractivity contribution is 9.10. The first kappa shape index (κ1) is 16.0. The van der Waals surface area contributed by atoms with Crippen molar-refractivity contribution >= 4 is 21.9 Å². The van der Waals surface area contributed by atoms with Gasteiger partial charge in [-0.2, -0.15) is 0 Å². The van der Waals surface area contributed by atoms with E-state index in [1.54, 1.807) is 6.07 Å². The molecule has 0 bridgehead atoms. The number of nitrogens with zero attached hydrogens (tertiary/aromatic N) is 1. The summed E-state index contributed by atoms with van der Waals surface area (Å²) in [4.78, 5) is 4.44. The van der Waals surface area contributed by atoms with Crippen LogP contribution in [0.1, 0.15) is 26.3 Å². The molecule has 5 heteroatoms. The normalized spacial score (nSPS) is 11.8. The Hall–Kier alpha value is -1.10. The molecule has 0 aliphatic carbocycles. The Bertz CT molecular complexity index is 433. The van der Waals surface area contributed by atoms with Gasteiger partial charge >= 0.3 is 0 Å². The first-order valence-corrected chi connectivity index (χ1v) is 7.28. The summed E-state index contributed by atoms with van der Waals surface area (Å²) < 4.78 is 13.9. The molecule has 1 aromatic carbocycles. The van der Waals surface area contributed by atoms with Crippen LogP contribution in [0.3, 0.4) is 0 Å². The number of guanidine groups is 1. The minimum absolute atomic E-state index is 0.257. The van der Waals surface area contributed by atoms with Crippen LogP contribution in [0.2, 0.25) is 0 Å². The predicted octanol–water partition coefficient (Wildman–Crippen LogP) is 3.30. The fourth-order valence-corrected chi connectivity index (χ4v) is 1.70. The second-order valence-electron chi connectivity index (χ2n) is 4.72. The van der Waals surface area contributed by atoms with Crippen LogP contribution in [0, 0.1) is 11.7 Å². The van der Waals surface area contributed by atoms with Crippen molar-refractivity contribution in [3.05, 3.63) is 34.1 Å². The summed E-state index contributed by atoms with van der Waals surface area (Å²) in [5.74, 6) is 1.06. The summed E-state index contributed by atoms with van der Waals surface area (Å²) in [6.07, 6.45) is 0. The first-order chi connectivity index (χ1) is 9.02. The van der Waals surface area contributed by atoms with Gasteiger partial charge in [0.2, 0.25) is 0 Å². The average Bonchev–Trinajstić information content (AvgIpc) is 2.36. The lowest BCUT2D eigenvalue weighted by molar-refractivity contribution is 0.613. The molecule has 3 nitrogen and oxygen atoms in total. The zero-order valence-corrected chi connectivity index (χ0v) is 13.2. The zero-order chi connectivity index (χ0) is 14.3. The van der Waals surface area contributed by atoms with Gasteiger partial charge in [0.15, 0.2) is 5.96 Å². The van der Waals surface area contributed by atoms with Crippen molar-refractivity contribution < 1.29 is 4.39 Å². The van der Waals surface area contributed by atoms with E-state index in [1.165, 1.54) is 6.07 Å². The minimum atomic E-state index is -0.257. The van der Waals surface area contributed by atoms with Crippen LogP contribution in [0.25, 0.3) is 0 Å². The minimum Gasteiger partial charge on any atom is -0.357 e. The van der Waals surface area contributed by atoms with Gasteiger partial charge in [-0.1, -0.05) is 19.9 Å². The summed E-state index contributed by atoms with van der Waals surface area (Å²) in [6.45, 7) is 8.42. The van der Waals surface area contributed by atoms with Gasteiger partial charge in [0.1, 0.15) is 5.82 Å². The Labute approximate surface area is 122 Å². The van der Waals surface area contributed by atoms with E-state index in [0.29, 0.717) is 16.9 Å². The Balaban J connectivity index is 2.65. The van der Waals surface area contributed by atoms with Gasteiger partial charge < -0.3 is 10.6 Å². The Morgan fingerprint density at radius 3 is 2.68 bits per heavy atom. The van der Waals surface area contributed by atoms with Crippen LogP contribution in [-0.4, -0.2) is 19.0 Å². The van der Waals surface area contributed by atoms with Crippen molar-refractivity contribution in [3.63, 3.8) is 0 Å². The van der Waals surface area contributed by atoms with Crippen LogP contribution < -0.4 is 10.6 Å². The van der Waals surface area contributed by atoms with E-state index in [-0.39, 0.29) is 5.82 Å². The molecule has 0 aliphatic heterocycles. The zero-order valence-electron chi connectivity index (χ0n) is 11.6. The Morgan fingerprint density at radius 2 is 2.11 bits per heavy atom. The van der Waals surface area contributed by atoms with Gasteiger partial charge in [-0.25, -0.2) is 9.38 Å². The van der Waals surface area contributed by atoms with Crippen molar-refractivity contribution in [1.82, 2.24) is 10.6 Å². The van der Waals surface area contributed by atoms with Crippen molar-refractivity contribution in [2.75, 3.05) is 13.1 Å². The lowest BCUT2D eigenvalue weighted by Crippen LogP contribution is -2.39. The van der Waals surface area contributed by atoms with Gasteiger partial charge in [0.05, 0.1) is 11.0 Å². The Kier molecular flexibility index (Phi) is 6.84. The van der Waals surface area contributed by atoms with Crippen LogP contribution in [0.5, 0.6) is 0 Å². The largest absolute Gasteiger partial charge is 0.357 e. The molecule has 0 unspecified atom stereocenters. The van der Waals surface area contributed by atoms with Crippen molar-refractivity contribution in [3.8, 4) is 0 Å². The highest BCUT2D eigenvalue weighted by atomic mass is 79.9. The maximum absolute atomic E-state index is 13.4. The van der Waals surface area contributed by atoms with Crippen LogP contribution >= 0.6 is 15.9 Å². The third-order valence-corrected chi connectivity index (χ3v) is 3.07. The molecule has 0 aromatic heterocycles. The van der Waals surface area contributed by atoms with E-state index in [4.69, 9.17) is 0 Å². The molecule has 0 saturated carbocycles. The molecule has 106 valence electrons. The quantitative estimate of drug-likeness (QED) is 0.642. The molecule has 1 aromatic rings. The monoisotopic (exact) mass is 329 g/mol. The molecule has 0 saturated heterocycles. The molecule has 0 heterocycles. The number of halogens is 2. The number of rotatable bonds is 5. The van der Waals surface area contributed by atoms with E-state index in [0.717, 1.165) is 24.6 Å². The maximum Gasteiger partial charge on any atom is 0.191 e. The second kappa shape index (κ2) is 8.15. The van der Waals surface area contributed by atoms with E-state index >= 15 is 0 Å². The molecule has 0 amide bonds. The van der Waals surface area contributed by atoms with E-state index in [9.17, 15) is 4.39 Å². The molecule has 0 radical (unpaired) electrons. The van der Waals surface area contributed by atoms with Gasteiger partial charge in [-0.3, -0.25) is 0 Å². The highest BCUT2D eigenvalue weighted by Crippen LogP contribution is 2.16. The van der Waals surface area contributed by atoms with E-state index in [2.05, 4.69) is 45.4 Å². The van der Waals surface area contributed by atoms with Gasteiger partial charge in [0.25, 0.3) is 0 Å². The molecule has 0 aliphatic rings. The number of aliphatic imine (C=N–C) groups is 1. The first-order valence-electron chi connectivity index (χ1n) is 6.49. The predicted molar refractivity (Wildman–Crippen MR) is 81.8 cm³/mol. The fourth-order valence-electron chi connectivity index (χ4n) is 1.45. The SMILES string of the molecule is CCNC(=NCc1ccc(Br)c(F)c1)NCC(C)C. The summed E-state index contributed by atoms with van der Waals surface area (Å²) in [6, 6.07) is 5.07. The van der Waals surface area contributed by atoms with Gasteiger partial charge in [-0.15, -0.1) is 0 Å². The number of hydrogen-bond acceptors (Lipinski definition) is 1. The molecular weight excluding hydrogens is 309 g/mol. The van der Waals surface area contributed by atoms with Crippen LogP contribution in [0.15, 0.2) is 27.7 Å². The number of hydrogen-bond donors (Lipinski definition) is 2. The highest BCUT2D eigenvalue weighted by Gasteiger charge is 2.02. The third kappa shape index (κ3) is 6.05. The summed E-state index contributed by atoms with van der Waals surface area (Å²) in [7, 11) is 0. The standard InChI is InChI=1S/C14H21BrFN3/c1-4-17-14(18-8-10(2)3)19-9-11-5-6-12(15)13(16)7-11/h5-7,10H,4,8-9H2,1-3H3,(H2,17,18,19). The Morgan fingerprint density at radius 1 is 1.37 bits per heavy atom. The smallest absolute Gasteiger partial charge is 0.191 e. The van der Waals surface area contributed by atoms with Gasteiger partial charge in [-0.05, 0) is 46.5 Å². The average molecular weight is 330 g/mol. The van der Waals surface area contributed by atoms with Gasteiger partial charge in [0, 0.05) is 13.1 Å². The molecule has 0 atom stereocenters. The lowest BCUT2D eigenvalue weighted by atomic mass is 10.2. The van der Waals surface area contributed by atoms with E-state index < -0.39 is 0 Å². The molecule has 0 spiro atoms. The molecule has 0 fully saturated rings. The van der Waals surface area contributed by atoms with Crippen molar-refractivity contribution in [2.24, 2.45) is 10.9 Å². The topological polar surface area (TPSA) is 36.4 Å². The molecular formula is C14H21BrFN3. The number of nitrogens with one attached hydrogen (secondary N) is 2. The summed E-state index contributed by atoms with van der Waals surface area (Å²) in [5.41, 5.74) is 0.849. The maximum atomic E-state index is 13.4. The number of benzene rings is 1. The van der Waals surface area contributed by atoms with Crippen molar-refractivity contribution in [2.45, 2.75) is 27.3 Å². The fraction of sp³-hybridized carbons (Fsp3) is 0.500. The second-order valence-corrected chi connectivity index (χ2v) is 5.57. The third-order valence-electron chi connectivity index (χ3n) is 2.43. The molecule has 19 heavy (non-hydrogen) atoms.